The fourth-order valence-electron chi connectivity index (χ4n) is 2.65. The second-order valence-corrected chi connectivity index (χ2v) is 5.54. The average Bonchev–Trinajstić information content (AvgIpc) is 3.07. The molecule has 4 rings (SSSR count). The quantitative estimate of drug-likeness (QED) is 0.529. The second-order valence-electron chi connectivity index (χ2n) is 5.54. The van der Waals surface area contributed by atoms with Crippen molar-refractivity contribution in [3.63, 3.8) is 0 Å². The van der Waals surface area contributed by atoms with Crippen molar-refractivity contribution in [3.05, 3.63) is 89.1 Å². The Balaban J connectivity index is 1.72. The first-order valence-electron chi connectivity index (χ1n) is 7.63. The van der Waals surface area contributed by atoms with Crippen molar-refractivity contribution in [2.75, 3.05) is 0 Å². The van der Waals surface area contributed by atoms with Gasteiger partial charge in [0.2, 0.25) is 0 Å². The predicted molar refractivity (Wildman–Crippen MR) is 90.3 cm³/mol. The summed E-state index contributed by atoms with van der Waals surface area (Å²) in [4.78, 5) is 15.9. The third kappa shape index (κ3) is 3.28. The molecule has 0 saturated heterocycles. The SMILES string of the molecule is O=c1cc(Cn2ccnc2)c2ccc(Oc3cccc(F)c3)cc2o1. The Morgan fingerprint density at radius 2 is 2.00 bits per heavy atom. The number of halogens is 1. The number of nitrogens with zero attached hydrogens (tertiary/aromatic N) is 2. The lowest BCUT2D eigenvalue weighted by Crippen LogP contribution is -2.04. The van der Waals surface area contributed by atoms with E-state index in [0.717, 1.165) is 10.9 Å². The van der Waals surface area contributed by atoms with Crippen molar-refractivity contribution >= 4 is 11.0 Å². The monoisotopic (exact) mass is 336 g/mol. The van der Waals surface area contributed by atoms with Crippen molar-refractivity contribution in [2.24, 2.45) is 0 Å². The molecule has 0 fully saturated rings. The van der Waals surface area contributed by atoms with E-state index in [9.17, 15) is 9.18 Å². The van der Waals surface area contributed by atoms with Crippen LogP contribution in [-0.4, -0.2) is 9.55 Å². The molecule has 4 aromatic rings. The van der Waals surface area contributed by atoms with Gasteiger partial charge in [0.25, 0.3) is 0 Å². The third-order valence-corrected chi connectivity index (χ3v) is 3.75. The number of aromatic nitrogens is 2. The van der Waals surface area contributed by atoms with Crippen molar-refractivity contribution in [1.29, 1.82) is 0 Å². The topological polar surface area (TPSA) is 57.3 Å². The Bertz CT molecular complexity index is 1090. The lowest BCUT2D eigenvalue weighted by Gasteiger charge is -2.09. The van der Waals surface area contributed by atoms with Gasteiger partial charge in [0, 0.05) is 42.5 Å². The molecule has 0 atom stereocenters. The van der Waals surface area contributed by atoms with E-state index >= 15 is 0 Å². The number of rotatable bonds is 4. The first-order valence-corrected chi connectivity index (χ1v) is 7.63. The molecular formula is C19H13FN2O3. The summed E-state index contributed by atoms with van der Waals surface area (Å²) in [5.41, 5.74) is 0.795. The normalized spacial score (nSPS) is 10.9. The first-order chi connectivity index (χ1) is 12.2. The Labute approximate surface area is 141 Å². The average molecular weight is 336 g/mol. The minimum atomic E-state index is -0.439. The molecule has 0 N–H and O–H groups in total. The molecule has 0 saturated carbocycles. The highest BCUT2D eigenvalue weighted by molar-refractivity contribution is 5.81. The summed E-state index contributed by atoms with van der Waals surface area (Å²) < 4.78 is 26.1. The minimum absolute atomic E-state index is 0.372. The van der Waals surface area contributed by atoms with Gasteiger partial charge in [-0.05, 0) is 29.8 Å². The van der Waals surface area contributed by atoms with Gasteiger partial charge in [0.1, 0.15) is 22.9 Å². The van der Waals surface area contributed by atoms with Gasteiger partial charge in [-0.2, -0.15) is 0 Å². The lowest BCUT2D eigenvalue weighted by molar-refractivity contribution is 0.474. The molecule has 2 aromatic heterocycles. The van der Waals surface area contributed by atoms with Crippen molar-refractivity contribution in [3.8, 4) is 11.5 Å². The summed E-state index contributed by atoms with van der Waals surface area (Å²) in [7, 11) is 0. The van der Waals surface area contributed by atoms with Crippen molar-refractivity contribution in [1.82, 2.24) is 9.55 Å². The molecule has 0 aliphatic heterocycles. The zero-order valence-corrected chi connectivity index (χ0v) is 13.1. The van der Waals surface area contributed by atoms with E-state index < -0.39 is 5.63 Å². The number of ether oxygens (including phenoxy) is 1. The van der Waals surface area contributed by atoms with E-state index in [1.54, 1.807) is 36.8 Å². The molecular weight excluding hydrogens is 323 g/mol. The summed E-state index contributed by atoms with van der Waals surface area (Å²) in [6, 6.07) is 12.5. The lowest BCUT2D eigenvalue weighted by atomic mass is 10.1. The summed E-state index contributed by atoms with van der Waals surface area (Å²) in [5.74, 6) is 0.449. The Morgan fingerprint density at radius 3 is 2.80 bits per heavy atom. The van der Waals surface area contributed by atoms with Gasteiger partial charge >= 0.3 is 5.63 Å². The van der Waals surface area contributed by atoms with Crippen LogP contribution in [0.4, 0.5) is 4.39 Å². The van der Waals surface area contributed by atoms with Crippen LogP contribution in [0.5, 0.6) is 11.5 Å². The molecule has 0 amide bonds. The fourth-order valence-corrected chi connectivity index (χ4v) is 2.65. The van der Waals surface area contributed by atoms with E-state index in [2.05, 4.69) is 4.98 Å². The van der Waals surface area contributed by atoms with Crippen LogP contribution in [-0.2, 0) is 6.54 Å². The van der Waals surface area contributed by atoms with E-state index in [4.69, 9.17) is 9.15 Å². The maximum absolute atomic E-state index is 13.3. The summed E-state index contributed by atoms with van der Waals surface area (Å²) in [6.07, 6.45) is 5.18. The number of fused-ring (bicyclic) bond motifs is 1. The van der Waals surface area contributed by atoms with Gasteiger partial charge in [-0.3, -0.25) is 0 Å². The molecule has 6 heteroatoms. The summed E-state index contributed by atoms with van der Waals surface area (Å²) >= 11 is 0. The van der Waals surface area contributed by atoms with Gasteiger partial charge < -0.3 is 13.7 Å². The van der Waals surface area contributed by atoms with Gasteiger partial charge in [0.15, 0.2) is 0 Å². The number of hydrogen-bond acceptors (Lipinski definition) is 4. The molecule has 5 nitrogen and oxygen atoms in total. The molecule has 2 heterocycles. The largest absolute Gasteiger partial charge is 0.457 e. The molecule has 0 unspecified atom stereocenters. The van der Waals surface area contributed by atoms with Crippen LogP contribution >= 0.6 is 0 Å². The highest BCUT2D eigenvalue weighted by Gasteiger charge is 2.08. The molecule has 124 valence electrons. The molecule has 25 heavy (non-hydrogen) atoms. The molecule has 0 aliphatic carbocycles. The van der Waals surface area contributed by atoms with Crippen LogP contribution in [0.3, 0.4) is 0 Å². The van der Waals surface area contributed by atoms with Crippen LogP contribution in [0.25, 0.3) is 11.0 Å². The van der Waals surface area contributed by atoms with E-state index in [0.29, 0.717) is 23.6 Å². The maximum atomic E-state index is 13.3. The van der Waals surface area contributed by atoms with Crippen molar-refractivity contribution < 1.29 is 13.5 Å². The zero-order chi connectivity index (χ0) is 17.2. The van der Waals surface area contributed by atoms with Gasteiger partial charge in [-0.15, -0.1) is 0 Å². The highest BCUT2D eigenvalue weighted by atomic mass is 19.1. The smallest absolute Gasteiger partial charge is 0.336 e. The minimum Gasteiger partial charge on any atom is -0.457 e. The number of imidazole rings is 1. The zero-order valence-electron chi connectivity index (χ0n) is 13.1. The van der Waals surface area contributed by atoms with Crippen LogP contribution < -0.4 is 10.4 Å². The fraction of sp³-hybridized carbons (Fsp3) is 0.0526. The Kier molecular flexibility index (Phi) is 3.78. The first kappa shape index (κ1) is 15.1. The van der Waals surface area contributed by atoms with Crippen LogP contribution in [0.15, 0.2) is 76.5 Å². The van der Waals surface area contributed by atoms with Crippen molar-refractivity contribution in [2.45, 2.75) is 6.54 Å². The van der Waals surface area contributed by atoms with Crippen LogP contribution in [0.1, 0.15) is 5.56 Å². The van der Waals surface area contributed by atoms with E-state index in [1.165, 1.54) is 18.2 Å². The van der Waals surface area contributed by atoms with Crippen LogP contribution in [0.2, 0.25) is 0 Å². The van der Waals surface area contributed by atoms with E-state index in [1.807, 2.05) is 16.8 Å². The van der Waals surface area contributed by atoms with Gasteiger partial charge in [-0.25, -0.2) is 14.2 Å². The Hall–Kier alpha value is -3.41. The van der Waals surface area contributed by atoms with Gasteiger partial charge in [0.05, 0.1) is 6.33 Å². The number of benzene rings is 2. The third-order valence-electron chi connectivity index (χ3n) is 3.75. The predicted octanol–water partition coefficient (Wildman–Crippen LogP) is 3.97. The molecule has 0 radical (unpaired) electrons. The molecule has 0 aliphatic rings. The van der Waals surface area contributed by atoms with Crippen LogP contribution in [0, 0.1) is 5.82 Å². The highest BCUT2D eigenvalue weighted by Crippen LogP contribution is 2.27. The molecule has 0 bridgehead atoms. The van der Waals surface area contributed by atoms with Gasteiger partial charge in [-0.1, -0.05) is 6.07 Å². The van der Waals surface area contributed by atoms with E-state index in [-0.39, 0.29) is 5.82 Å². The number of hydrogen-bond donors (Lipinski definition) is 0. The molecule has 2 aromatic carbocycles. The summed E-state index contributed by atoms with van der Waals surface area (Å²) in [5, 5.41) is 0.805. The summed E-state index contributed by atoms with van der Waals surface area (Å²) in [6.45, 7) is 0.506. The standard InChI is InChI=1S/C19H13FN2O3/c20-14-2-1-3-15(9-14)24-16-4-5-17-13(11-22-7-6-21-12-22)8-19(23)25-18(17)10-16/h1-10,12H,11H2. The Morgan fingerprint density at radius 1 is 1.12 bits per heavy atom. The second kappa shape index (κ2) is 6.24. The molecule has 0 spiro atoms. The maximum Gasteiger partial charge on any atom is 0.336 e.